The lowest BCUT2D eigenvalue weighted by molar-refractivity contribution is -0.135. The number of halogens is 1. The average Bonchev–Trinajstić information content (AvgIpc) is 3.40. The van der Waals surface area contributed by atoms with E-state index in [1.807, 2.05) is 23.1 Å². The van der Waals surface area contributed by atoms with E-state index in [0.717, 1.165) is 18.5 Å². The van der Waals surface area contributed by atoms with E-state index < -0.39 is 5.41 Å². The monoisotopic (exact) mass is 416 g/mol. The number of benzene rings is 1. The highest BCUT2D eigenvalue weighted by Crippen LogP contribution is 2.41. The zero-order valence-electron chi connectivity index (χ0n) is 16.7. The zero-order chi connectivity index (χ0) is 20.6. The van der Waals surface area contributed by atoms with Crippen molar-refractivity contribution in [1.29, 1.82) is 0 Å². The third-order valence-electron chi connectivity index (χ3n) is 6.10. The Morgan fingerprint density at radius 1 is 1.28 bits per heavy atom. The van der Waals surface area contributed by atoms with Gasteiger partial charge in [0.25, 0.3) is 5.91 Å². The first-order valence-corrected chi connectivity index (χ1v) is 10.3. The molecule has 1 unspecified atom stereocenters. The Balaban J connectivity index is 1.51. The minimum absolute atomic E-state index is 0.0930. The van der Waals surface area contributed by atoms with Gasteiger partial charge in [-0.05, 0) is 38.0 Å². The van der Waals surface area contributed by atoms with Gasteiger partial charge in [0.2, 0.25) is 5.91 Å². The molecule has 1 spiro atoms. The molecule has 4 rings (SSSR count). The van der Waals surface area contributed by atoms with Gasteiger partial charge in [0.05, 0.1) is 22.6 Å². The number of nitrogens with zero attached hydrogens (tertiary/aromatic N) is 2. The maximum atomic E-state index is 13.2. The number of furan rings is 1. The third kappa shape index (κ3) is 3.55. The molecule has 2 aliphatic rings. The van der Waals surface area contributed by atoms with Crippen LogP contribution in [-0.2, 0) is 9.53 Å². The van der Waals surface area contributed by atoms with Crippen LogP contribution in [0.5, 0.6) is 0 Å². The predicted molar refractivity (Wildman–Crippen MR) is 110 cm³/mol. The van der Waals surface area contributed by atoms with Crippen LogP contribution in [-0.4, -0.2) is 61.5 Å². The molecule has 2 fully saturated rings. The number of hydrogen-bond acceptors (Lipinski definition) is 4. The molecule has 6 nitrogen and oxygen atoms in total. The number of amides is 2. The smallest absolute Gasteiger partial charge is 0.257 e. The molecule has 3 heterocycles. The standard InChI is InChI=1S/C22H25ClN2O4/c1-15-17(13-19(29-15)16-5-3-4-6-18(16)23)20(26)25-10-8-22(14-25)7-9-24(21(22)27)11-12-28-2/h3-6,13H,7-12,14H2,1-2H3. The average molecular weight is 417 g/mol. The molecule has 0 bridgehead atoms. The number of hydrogen-bond donors (Lipinski definition) is 0. The summed E-state index contributed by atoms with van der Waals surface area (Å²) in [6.07, 6.45) is 1.49. The van der Waals surface area contributed by atoms with E-state index in [1.165, 1.54) is 0 Å². The lowest BCUT2D eigenvalue weighted by atomic mass is 9.85. The first kappa shape index (κ1) is 20.0. The summed E-state index contributed by atoms with van der Waals surface area (Å²) in [7, 11) is 1.64. The number of methoxy groups -OCH3 is 1. The highest BCUT2D eigenvalue weighted by molar-refractivity contribution is 6.33. The minimum Gasteiger partial charge on any atom is -0.460 e. The van der Waals surface area contributed by atoms with Gasteiger partial charge >= 0.3 is 0 Å². The molecule has 0 saturated carbocycles. The van der Waals surface area contributed by atoms with E-state index in [-0.39, 0.29) is 11.8 Å². The summed E-state index contributed by atoms with van der Waals surface area (Å²) < 4.78 is 10.9. The van der Waals surface area contributed by atoms with E-state index in [1.54, 1.807) is 31.1 Å². The lowest BCUT2D eigenvalue weighted by Gasteiger charge is -2.23. The van der Waals surface area contributed by atoms with E-state index in [4.69, 9.17) is 20.8 Å². The Bertz CT molecular complexity index is 941. The molecule has 2 aliphatic heterocycles. The Hall–Kier alpha value is -2.31. The normalized spacial score (nSPS) is 21.6. The van der Waals surface area contributed by atoms with Crippen molar-refractivity contribution in [2.75, 3.05) is 39.9 Å². The first-order chi connectivity index (χ1) is 13.9. The predicted octanol–water partition coefficient (Wildman–Crippen LogP) is 3.62. The molecule has 2 saturated heterocycles. The highest BCUT2D eigenvalue weighted by Gasteiger charge is 2.51. The highest BCUT2D eigenvalue weighted by atomic mass is 35.5. The maximum absolute atomic E-state index is 13.2. The van der Waals surface area contributed by atoms with Crippen LogP contribution in [0.2, 0.25) is 5.02 Å². The molecule has 29 heavy (non-hydrogen) atoms. The molecule has 1 aromatic carbocycles. The summed E-state index contributed by atoms with van der Waals surface area (Å²) in [6, 6.07) is 9.15. The van der Waals surface area contributed by atoms with Gasteiger partial charge in [-0.3, -0.25) is 9.59 Å². The Kier molecular flexibility index (Phi) is 5.40. The molecule has 7 heteroatoms. The van der Waals surface area contributed by atoms with Gasteiger partial charge in [-0.15, -0.1) is 0 Å². The molecular formula is C22H25ClN2O4. The third-order valence-corrected chi connectivity index (χ3v) is 6.42. The van der Waals surface area contributed by atoms with Crippen LogP contribution in [0.1, 0.15) is 29.0 Å². The summed E-state index contributed by atoms with van der Waals surface area (Å²) in [5.74, 6) is 1.19. The molecule has 0 N–H and O–H groups in total. The number of ether oxygens (including phenoxy) is 1. The van der Waals surface area contributed by atoms with Crippen molar-refractivity contribution in [2.24, 2.45) is 5.41 Å². The van der Waals surface area contributed by atoms with Crippen molar-refractivity contribution in [1.82, 2.24) is 9.80 Å². The minimum atomic E-state index is -0.452. The fourth-order valence-corrected chi connectivity index (χ4v) is 4.62. The van der Waals surface area contributed by atoms with Crippen LogP contribution >= 0.6 is 11.6 Å². The topological polar surface area (TPSA) is 63.0 Å². The summed E-state index contributed by atoms with van der Waals surface area (Å²) in [5.41, 5.74) is 0.833. The molecule has 2 amide bonds. The van der Waals surface area contributed by atoms with Crippen molar-refractivity contribution in [3.8, 4) is 11.3 Å². The van der Waals surface area contributed by atoms with Crippen molar-refractivity contribution >= 4 is 23.4 Å². The number of rotatable bonds is 5. The summed E-state index contributed by atoms with van der Waals surface area (Å²) in [6.45, 7) is 4.68. The number of carbonyl (C=O) groups excluding carboxylic acids is 2. The van der Waals surface area contributed by atoms with Gasteiger partial charge in [-0.25, -0.2) is 0 Å². The van der Waals surface area contributed by atoms with Crippen molar-refractivity contribution in [3.05, 3.63) is 46.7 Å². The quantitative estimate of drug-likeness (QED) is 0.746. The van der Waals surface area contributed by atoms with E-state index in [9.17, 15) is 9.59 Å². The van der Waals surface area contributed by atoms with Crippen LogP contribution in [0.25, 0.3) is 11.3 Å². The lowest BCUT2D eigenvalue weighted by Crippen LogP contribution is -2.39. The second-order valence-corrected chi connectivity index (χ2v) is 8.26. The van der Waals surface area contributed by atoms with Gasteiger partial charge < -0.3 is 19.0 Å². The number of likely N-dealkylation sites (tertiary alicyclic amines) is 2. The largest absolute Gasteiger partial charge is 0.460 e. The summed E-state index contributed by atoms with van der Waals surface area (Å²) in [5, 5.41) is 0.577. The maximum Gasteiger partial charge on any atom is 0.257 e. The molecule has 0 radical (unpaired) electrons. The fourth-order valence-electron chi connectivity index (χ4n) is 4.39. The number of carbonyl (C=O) groups is 2. The second-order valence-electron chi connectivity index (χ2n) is 7.85. The second kappa shape index (κ2) is 7.84. The van der Waals surface area contributed by atoms with Crippen LogP contribution < -0.4 is 0 Å². The van der Waals surface area contributed by atoms with Crippen LogP contribution in [0.4, 0.5) is 0 Å². The summed E-state index contributed by atoms with van der Waals surface area (Å²) >= 11 is 6.27. The summed E-state index contributed by atoms with van der Waals surface area (Å²) in [4.78, 5) is 29.8. The van der Waals surface area contributed by atoms with Crippen molar-refractivity contribution in [3.63, 3.8) is 0 Å². The molecule has 154 valence electrons. The zero-order valence-corrected chi connectivity index (χ0v) is 17.5. The molecule has 1 atom stereocenters. The van der Waals surface area contributed by atoms with E-state index in [0.29, 0.717) is 54.8 Å². The Morgan fingerprint density at radius 3 is 2.79 bits per heavy atom. The number of aryl methyl sites for hydroxylation is 1. The SMILES string of the molecule is COCCN1CCC2(CCN(C(=O)c3cc(-c4ccccc4Cl)oc3C)C2)C1=O. The molecule has 0 aliphatic carbocycles. The van der Waals surface area contributed by atoms with E-state index >= 15 is 0 Å². The van der Waals surface area contributed by atoms with Gasteiger partial charge in [0, 0.05) is 38.9 Å². The van der Waals surface area contributed by atoms with Gasteiger partial charge in [-0.2, -0.15) is 0 Å². The molecule has 2 aromatic rings. The molecular weight excluding hydrogens is 392 g/mol. The van der Waals surface area contributed by atoms with Crippen molar-refractivity contribution in [2.45, 2.75) is 19.8 Å². The van der Waals surface area contributed by atoms with Gasteiger partial charge in [0.15, 0.2) is 0 Å². The fraction of sp³-hybridized carbons (Fsp3) is 0.455. The first-order valence-electron chi connectivity index (χ1n) is 9.88. The Labute approximate surface area is 175 Å². The molecule has 1 aromatic heterocycles. The van der Waals surface area contributed by atoms with Crippen LogP contribution in [0.3, 0.4) is 0 Å². The van der Waals surface area contributed by atoms with Crippen LogP contribution in [0, 0.1) is 12.3 Å². The Morgan fingerprint density at radius 2 is 2.03 bits per heavy atom. The van der Waals surface area contributed by atoms with Gasteiger partial charge in [-0.1, -0.05) is 23.7 Å². The van der Waals surface area contributed by atoms with Crippen LogP contribution in [0.15, 0.2) is 34.7 Å². The van der Waals surface area contributed by atoms with Gasteiger partial charge in [0.1, 0.15) is 11.5 Å². The van der Waals surface area contributed by atoms with Crippen molar-refractivity contribution < 1.29 is 18.7 Å². The van der Waals surface area contributed by atoms with E-state index in [2.05, 4.69) is 0 Å².